The lowest BCUT2D eigenvalue weighted by atomic mass is 9.26. The van der Waals surface area contributed by atoms with E-state index < -0.39 is 0 Å². The van der Waals surface area contributed by atoms with Crippen molar-refractivity contribution in [3.8, 4) is 0 Å². The second-order valence-corrected chi connectivity index (χ2v) is 15.2. The number of rotatable bonds is 1. The molecule has 0 radical (unpaired) electrons. The standard InChI is InChI=1S/C41H39B2N/c1-23(2)26-21-31-39-32(22-26)43-30-16-12-10-14-28(30)41(7,8)36-25(4)18-20-34(38(36)43)44(39)33-19-17-24(3)35-37(33)42(31)29-15-11-9-13-27(29)40(35,5)6/h9-23H,1-8H3. The molecule has 5 aromatic carbocycles. The zero-order chi connectivity index (χ0) is 30.4. The van der Waals surface area contributed by atoms with Gasteiger partial charge in [0.25, 0.3) is 0 Å². The third kappa shape index (κ3) is 2.99. The van der Waals surface area contributed by atoms with Crippen LogP contribution in [0.1, 0.15) is 86.4 Å². The maximum absolute atomic E-state index is 2.69. The first-order valence-electron chi connectivity index (χ1n) is 16.5. The lowest BCUT2D eigenvalue weighted by Gasteiger charge is -2.51. The number of benzene rings is 5. The Balaban J connectivity index is 1.49. The number of aryl methyl sites for hydroxylation is 2. The molecular weight excluding hydrogens is 528 g/mol. The van der Waals surface area contributed by atoms with E-state index in [0.29, 0.717) is 5.92 Å². The van der Waals surface area contributed by atoms with Crippen LogP contribution in [0.25, 0.3) is 0 Å². The Morgan fingerprint density at radius 3 is 1.43 bits per heavy atom. The molecule has 1 nitrogen and oxygen atoms in total. The van der Waals surface area contributed by atoms with Gasteiger partial charge in [0.1, 0.15) is 0 Å². The van der Waals surface area contributed by atoms with E-state index in [1.807, 2.05) is 0 Å². The number of nitrogens with zero attached hydrogens (tertiary/aromatic N) is 1. The van der Waals surface area contributed by atoms with E-state index in [2.05, 4.69) is 145 Å². The van der Waals surface area contributed by atoms with Crippen LogP contribution >= 0.6 is 0 Å². The van der Waals surface area contributed by atoms with Gasteiger partial charge in [0.05, 0.1) is 0 Å². The van der Waals surface area contributed by atoms with Crippen LogP contribution in [0.2, 0.25) is 0 Å². The lowest BCUT2D eigenvalue weighted by molar-refractivity contribution is 0.640. The molecule has 44 heavy (non-hydrogen) atoms. The predicted octanol–water partition coefficient (Wildman–Crippen LogP) is 5.83. The smallest absolute Gasteiger partial charge is 0.247 e. The number of fused-ring (bicyclic) bond motifs is 8. The highest BCUT2D eigenvalue weighted by Crippen LogP contribution is 2.47. The normalized spacial score (nSPS) is 17.1. The summed E-state index contributed by atoms with van der Waals surface area (Å²) in [5.41, 5.74) is 23.1. The van der Waals surface area contributed by atoms with Gasteiger partial charge in [0, 0.05) is 27.9 Å². The van der Waals surface area contributed by atoms with Crippen molar-refractivity contribution in [2.75, 3.05) is 4.90 Å². The third-order valence-electron chi connectivity index (χ3n) is 11.8. The van der Waals surface area contributed by atoms with Gasteiger partial charge in [-0.1, -0.05) is 125 Å². The molecule has 0 spiro atoms. The van der Waals surface area contributed by atoms with Crippen molar-refractivity contribution in [3.63, 3.8) is 0 Å². The number of anilines is 3. The van der Waals surface area contributed by atoms with Crippen LogP contribution in [-0.2, 0) is 10.8 Å². The number of hydrogen-bond donors (Lipinski definition) is 0. The van der Waals surface area contributed by atoms with Crippen LogP contribution < -0.4 is 37.7 Å². The molecule has 0 saturated carbocycles. The molecule has 0 saturated heterocycles. The van der Waals surface area contributed by atoms with Gasteiger partial charge in [0.15, 0.2) is 0 Å². The van der Waals surface area contributed by atoms with E-state index in [4.69, 9.17) is 0 Å². The van der Waals surface area contributed by atoms with Gasteiger partial charge in [-0.15, -0.1) is 0 Å². The molecule has 0 aliphatic carbocycles. The van der Waals surface area contributed by atoms with Crippen LogP contribution in [0.4, 0.5) is 17.1 Å². The molecule has 0 unspecified atom stereocenters. The molecule has 9 rings (SSSR count). The second kappa shape index (κ2) is 8.39. The minimum Gasteiger partial charge on any atom is -0.313 e. The van der Waals surface area contributed by atoms with Crippen molar-refractivity contribution in [1.29, 1.82) is 0 Å². The lowest BCUT2D eigenvalue weighted by Crippen LogP contribution is -2.70. The highest BCUT2D eigenvalue weighted by atomic mass is 15.2. The summed E-state index contributed by atoms with van der Waals surface area (Å²) >= 11 is 0. The molecule has 0 amide bonds. The molecule has 4 aliphatic rings. The van der Waals surface area contributed by atoms with Gasteiger partial charge in [-0.25, -0.2) is 0 Å². The van der Waals surface area contributed by atoms with E-state index >= 15 is 0 Å². The highest BCUT2D eigenvalue weighted by Gasteiger charge is 2.52. The molecule has 0 N–H and O–H groups in total. The molecule has 3 heteroatoms. The number of hydrogen-bond acceptors (Lipinski definition) is 1. The fourth-order valence-electron chi connectivity index (χ4n) is 10.0. The summed E-state index contributed by atoms with van der Waals surface area (Å²) in [6.45, 7) is 19.6. The Hall–Kier alpha value is -3.97. The molecular formula is C41H39B2N. The maximum atomic E-state index is 2.69. The van der Waals surface area contributed by atoms with Crippen molar-refractivity contribution in [2.24, 2.45) is 0 Å². The first-order chi connectivity index (χ1) is 21.0. The summed E-state index contributed by atoms with van der Waals surface area (Å²) in [6, 6.07) is 33.4. The summed E-state index contributed by atoms with van der Waals surface area (Å²) in [5.74, 6) is 0.437. The molecule has 0 fully saturated rings. The molecule has 4 aliphatic heterocycles. The van der Waals surface area contributed by atoms with E-state index in [9.17, 15) is 0 Å². The summed E-state index contributed by atoms with van der Waals surface area (Å²) in [4.78, 5) is 2.69. The highest BCUT2D eigenvalue weighted by molar-refractivity contribution is 7.03. The average molecular weight is 567 g/mol. The van der Waals surface area contributed by atoms with Crippen LogP contribution in [0.15, 0.2) is 84.9 Å². The van der Waals surface area contributed by atoms with E-state index in [1.165, 1.54) is 88.8 Å². The predicted molar refractivity (Wildman–Crippen MR) is 191 cm³/mol. The van der Waals surface area contributed by atoms with Crippen molar-refractivity contribution in [3.05, 3.63) is 124 Å². The largest absolute Gasteiger partial charge is 0.313 e. The maximum Gasteiger partial charge on any atom is 0.247 e. The summed E-state index contributed by atoms with van der Waals surface area (Å²) in [6.07, 6.45) is 0. The van der Waals surface area contributed by atoms with Crippen molar-refractivity contribution in [1.82, 2.24) is 0 Å². The Kier molecular flexibility index (Phi) is 5.04. The van der Waals surface area contributed by atoms with E-state index in [-0.39, 0.29) is 24.3 Å². The Bertz CT molecular complexity index is 1960. The average Bonchev–Trinajstić information content (AvgIpc) is 2.99. The minimum atomic E-state index is -0.0789. The Labute approximate surface area is 263 Å². The van der Waals surface area contributed by atoms with Gasteiger partial charge in [-0.3, -0.25) is 0 Å². The van der Waals surface area contributed by atoms with E-state index in [1.54, 1.807) is 0 Å². The minimum absolute atomic E-state index is 0.0789. The molecule has 214 valence electrons. The van der Waals surface area contributed by atoms with Gasteiger partial charge in [0.2, 0.25) is 13.4 Å². The first kappa shape index (κ1) is 26.4. The molecule has 0 aromatic heterocycles. The van der Waals surface area contributed by atoms with Gasteiger partial charge >= 0.3 is 0 Å². The van der Waals surface area contributed by atoms with Gasteiger partial charge < -0.3 is 4.90 Å². The zero-order valence-electron chi connectivity index (χ0n) is 27.3. The quantitative estimate of drug-likeness (QED) is 0.226. The van der Waals surface area contributed by atoms with Crippen molar-refractivity contribution < 1.29 is 0 Å². The summed E-state index contributed by atoms with van der Waals surface area (Å²) < 4.78 is 0. The van der Waals surface area contributed by atoms with Crippen LogP contribution in [0.5, 0.6) is 0 Å². The first-order valence-corrected chi connectivity index (χ1v) is 16.5. The van der Waals surface area contributed by atoms with E-state index in [0.717, 1.165) is 0 Å². The SMILES string of the molecule is Cc1ccc2c3c1C(C)(C)c1ccccc1B3c1cc(C(C)C)cc3c1N2c1ccc(C)c2c1B3c1ccccc1C2(C)C. The molecule has 4 heterocycles. The van der Waals surface area contributed by atoms with Crippen LogP contribution in [0, 0.1) is 13.8 Å². The molecule has 0 bridgehead atoms. The summed E-state index contributed by atoms with van der Waals surface area (Å²) in [5, 5.41) is 0. The molecule has 5 aromatic rings. The van der Waals surface area contributed by atoms with Crippen molar-refractivity contribution in [2.45, 2.75) is 72.1 Å². The van der Waals surface area contributed by atoms with Crippen LogP contribution in [0.3, 0.4) is 0 Å². The fourth-order valence-corrected chi connectivity index (χ4v) is 10.0. The van der Waals surface area contributed by atoms with Crippen LogP contribution in [-0.4, -0.2) is 13.4 Å². The van der Waals surface area contributed by atoms with Crippen molar-refractivity contribution >= 4 is 63.3 Å². The Morgan fingerprint density at radius 2 is 1.00 bits per heavy atom. The topological polar surface area (TPSA) is 3.24 Å². The van der Waals surface area contributed by atoms with Gasteiger partial charge in [-0.05, 0) is 92.7 Å². The molecule has 0 atom stereocenters. The fraction of sp³-hybridized carbons (Fsp3) is 0.268. The zero-order valence-corrected chi connectivity index (χ0v) is 27.3. The summed E-state index contributed by atoms with van der Waals surface area (Å²) in [7, 11) is 0. The monoisotopic (exact) mass is 567 g/mol. The van der Waals surface area contributed by atoms with Gasteiger partial charge in [-0.2, -0.15) is 0 Å². The second-order valence-electron chi connectivity index (χ2n) is 15.2. The third-order valence-corrected chi connectivity index (χ3v) is 11.8. The Morgan fingerprint density at radius 1 is 0.568 bits per heavy atom.